The van der Waals surface area contributed by atoms with Crippen molar-refractivity contribution in [1.29, 1.82) is 0 Å². The monoisotopic (exact) mass is 422 g/mol. The van der Waals surface area contributed by atoms with Crippen LogP contribution in [-0.4, -0.2) is 14.4 Å². The Kier molecular flexibility index (Phi) is 4.78. The van der Waals surface area contributed by atoms with E-state index in [1.807, 2.05) is 13.8 Å². The molecule has 7 heteroatoms. The summed E-state index contributed by atoms with van der Waals surface area (Å²) in [6.45, 7) is 5.61. The molecule has 0 aliphatic carbocycles. The molecule has 0 atom stereocenters. The molecule has 0 bridgehead atoms. The molecular formula is C23H20NO5S-. The molecule has 3 aromatic carbocycles. The number of aromatic carboxylic acids is 1. The number of hydrogen-bond donors (Lipinski definition) is 1. The van der Waals surface area contributed by atoms with Gasteiger partial charge in [0.2, 0.25) is 0 Å². The van der Waals surface area contributed by atoms with Crippen molar-refractivity contribution in [2.75, 3.05) is 4.72 Å². The number of benzene rings is 3. The van der Waals surface area contributed by atoms with Gasteiger partial charge in [0.1, 0.15) is 11.3 Å². The number of furan rings is 1. The second-order valence-electron chi connectivity index (χ2n) is 7.50. The predicted octanol–water partition coefficient (Wildman–Crippen LogP) is 4.18. The fourth-order valence-electron chi connectivity index (χ4n) is 3.61. The van der Waals surface area contributed by atoms with Crippen molar-refractivity contribution in [1.82, 2.24) is 0 Å². The summed E-state index contributed by atoms with van der Waals surface area (Å²) in [5.74, 6) is -0.882. The van der Waals surface area contributed by atoms with Gasteiger partial charge in [-0.2, -0.15) is 0 Å². The van der Waals surface area contributed by atoms with Gasteiger partial charge in [-0.25, -0.2) is 8.42 Å². The lowest BCUT2D eigenvalue weighted by atomic mass is 10.0. The first-order valence-corrected chi connectivity index (χ1v) is 11.0. The highest BCUT2D eigenvalue weighted by Gasteiger charge is 2.20. The molecule has 0 aliphatic heterocycles. The zero-order chi connectivity index (χ0) is 21.6. The molecule has 4 rings (SSSR count). The largest absolute Gasteiger partial charge is 0.545 e. The fraction of sp³-hybridized carbons (Fsp3) is 0.174. The summed E-state index contributed by atoms with van der Waals surface area (Å²) in [5.41, 5.74) is 1.60. The Bertz CT molecular complexity index is 1380. The minimum absolute atomic E-state index is 0.0857. The summed E-state index contributed by atoms with van der Waals surface area (Å²) in [4.78, 5) is 11.8. The summed E-state index contributed by atoms with van der Waals surface area (Å²) in [6, 6.07) is 15.3. The van der Waals surface area contributed by atoms with Crippen molar-refractivity contribution < 1.29 is 22.7 Å². The number of aryl methyl sites for hydroxylation is 1. The van der Waals surface area contributed by atoms with Gasteiger partial charge in [0.15, 0.2) is 0 Å². The van der Waals surface area contributed by atoms with Crippen LogP contribution in [0, 0.1) is 6.92 Å². The maximum Gasteiger partial charge on any atom is 0.261 e. The number of carboxylic acid groups (broad SMARTS) is 1. The van der Waals surface area contributed by atoms with Gasteiger partial charge >= 0.3 is 0 Å². The molecule has 0 saturated heterocycles. The molecule has 0 unspecified atom stereocenters. The lowest BCUT2D eigenvalue weighted by molar-refractivity contribution is -0.254. The summed E-state index contributed by atoms with van der Waals surface area (Å²) in [5, 5.41) is 13.1. The first-order chi connectivity index (χ1) is 14.2. The van der Waals surface area contributed by atoms with Crippen LogP contribution in [0.1, 0.15) is 41.4 Å². The number of anilines is 1. The number of hydrogen-bond acceptors (Lipinski definition) is 5. The number of carboxylic acids is 1. The summed E-state index contributed by atoms with van der Waals surface area (Å²) < 4.78 is 34.3. The molecule has 1 aromatic heterocycles. The van der Waals surface area contributed by atoms with Gasteiger partial charge < -0.3 is 14.3 Å². The smallest absolute Gasteiger partial charge is 0.261 e. The van der Waals surface area contributed by atoms with Crippen LogP contribution in [0.2, 0.25) is 0 Å². The van der Waals surface area contributed by atoms with Crippen LogP contribution in [0.25, 0.3) is 21.7 Å². The number of nitrogens with one attached hydrogen (secondary N) is 1. The predicted molar refractivity (Wildman–Crippen MR) is 114 cm³/mol. The van der Waals surface area contributed by atoms with Crippen molar-refractivity contribution in [3.8, 4) is 0 Å². The Labute approximate surface area is 174 Å². The first kappa shape index (κ1) is 20.0. The lowest BCUT2D eigenvalue weighted by Crippen LogP contribution is -2.22. The third-order valence-corrected chi connectivity index (χ3v) is 6.56. The minimum Gasteiger partial charge on any atom is -0.545 e. The molecular weight excluding hydrogens is 402 g/mol. The number of sulfonamides is 1. The molecule has 0 fully saturated rings. The lowest BCUT2D eigenvalue weighted by Gasteiger charge is -2.13. The first-order valence-electron chi connectivity index (χ1n) is 9.48. The SMILES string of the molecule is Cc1oc2c(cc(NS(=O)(=O)c3ccc(C(C)C)cc3)c3ccccc32)c1C(=O)[O-]. The molecule has 4 aromatic rings. The van der Waals surface area contributed by atoms with Gasteiger partial charge in [0.05, 0.1) is 16.6 Å². The van der Waals surface area contributed by atoms with E-state index in [9.17, 15) is 18.3 Å². The molecule has 30 heavy (non-hydrogen) atoms. The van der Waals surface area contributed by atoms with Crippen molar-refractivity contribution in [2.24, 2.45) is 0 Å². The van der Waals surface area contributed by atoms with Gasteiger partial charge in [0.25, 0.3) is 10.0 Å². The van der Waals surface area contributed by atoms with E-state index in [2.05, 4.69) is 4.72 Å². The van der Waals surface area contributed by atoms with Crippen LogP contribution in [-0.2, 0) is 10.0 Å². The highest BCUT2D eigenvalue weighted by molar-refractivity contribution is 7.92. The van der Waals surface area contributed by atoms with Crippen LogP contribution >= 0.6 is 0 Å². The molecule has 154 valence electrons. The fourth-order valence-corrected chi connectivity index (χ4v) is 4.68. The molecule has 0 amide bonds. The van der Waals surface area contributed by atoms with Gasteiger partial charge in [-0.15, -0.1) is 0 Å². The topological polar surface area (TPSA) is 99.4 Å². The van der Waals surface area contributed by atoms with Crippen LogP contribution < -0.4 is 9.83 Å². The maximum absolute atomic E-state index is 13.0. The highest BCUT2D eigenvalue weighted by Crippen LogP contribution is 2.37. The van der Waals surface area contributed by atoms with Crippen LogP contribution in [0.4, 0.5) is 5.69 Å². The van der Waals surface area contributed by atoms with E-state index in [1.165, 1.54) is 6.07 Å². The zero-order valence-corrected chi connectivity index (χ0v) is 17.5. The molecule has 0 radical (unpaired) electrons. The summed E-state index contributed by atoms with van der Waals surface area (Å²) in [6.07, 6.45) is 0. The number of rotatable bonds is 5. The molecule has 6 nitrogen and oxygen atoms in total. The number of fused-ring (bicyclic) bond motifs is 3. The Balaban J connectivity index is 1.89. The van der Waals surface area contributed by atoms with E-state index in [0.717, 1.165) is 5.56 Å². The van der Waals surface area contributed by atoms with Crippen molar-refractivity contribution in [3.05, 3.63) is 71.5 Å². The summed E-state index contributed by atoms with van der Waals surface area (Å²) in [7, 11) is -3.89. The molecule has 0 spiro atoms. The van der Waals surface area contributed by atoms with Crippen molar-refractivity contribution in [3.63, 3.8) is 0 Å². The Hall–Kier alpha value is -3.32. The quantitative estimate of drug-likeness (QED) is 0.520. The second-order valence-corrected chi connectivity index (χ2v) is 9.18. The molecule has 0 saturated carbocycles. The minimum atomic E-state index is -3.89. The maximum atomic E-state index is 13.0. The van der Waals surface area contributed by atoms with Gasteiger partial charge in [0, 0.05) is 21.7 Å². The Morgan fingerprint density at radius 2 is 1.63 bits per heavy atom. The van der Waals surface area contributed by atoms with Crippen LogP contribution in [0.3, 0.4) is 0 Å². The van der Waals surface area contributed by atoms with Crippen LogP contribution in [0.15, 0.2) is 63.9 Å². The number of carbonyl (C=O) groups is 1. The second kappa shape index (κ2) is 7.18. The summed E-state index contributed by atoms with van der Waals surface area (Å²) >= 11 is 0. The highest BCUT2D eigenvalue weighted by atomic mass is 32.2. The molecule has 1 N–H and O–H groups in total. The van der Waals surface area contributed by atoms with E-state index in [0.29, 0.717) is 21.7 Å². The third-order valence-electron chi connectivity index (χ3n) is 5.18. The standard InChI is InChI=1S/C23H21NO5S/c1-13(2)15-8-10-16(11-9-15)30(27,28)24-20-12-19-21(23(25)26)14(3)29-22(19)18-7-5-4-6-17(18)20/h4-13,24H,1-3H3,(H,25,26)/p-1. The van der Waals surface area contributed by atoms with E-state index in [4.69, 9.17) is 4.42 Å². The van der Waals surface area contributed by atoms with E-state index in [1.54, 1.807) is 55.5 Å². The normalized spacial score (nSPS) is 12.0. The Morgan fingerprint density at radius 3 is 2.23 bits per heavy atom. The van der Waals surface area contributed by atoms with Crippen molar-refractivity contribution in [2.45, 2.75) is 31.6 Å². The average molecular weight is 422 g/mol. The van der Waals surface area contributed by atoms with E-state index >= 15 is 0 Å². The Morgan fingerprint density at radius 1 is 1.00 bits per heavy atom. The molecule has 0 aliphatic rings. The van der Waals surface area contributed by atoms with Crippen molar-refractivity contribution >= 4 is 43.4 Å². The average Bonchev–Trinajstić information content (AvgIpc) is 3.04. The van der Waals surface area contributed by atoms with Crippen LogP contribution in [0.5, 0.6) is 0 Å². The van der Waals surface area contributed by atoms with Gasteiger partial charge in [-0.05, 0) is 36.6 Å². The van der Waals surface area contributed by atoms with E-state index < -0.39 is 16.0 Å². The number of carbonyl (C=O) groups excluding carboxylic acids is 1. The third kappa shape index (κ3) is 3.31. The molecule has 1 heterocycles. The zero-order valence-electron chi connectivity index (χ0n) is 16.7. The van der Waals surface area contributed by atoms with Gasteiger partial charge in [-0.3, -0.25) is 4.72 Å². The van der Waals surface area contributed by atoms with Gasteiger partial charge in [-0.1, -0.05) is 50.2 Å². The van der Waals surface area contributed by atoms with E-state index in [-0.39, 0.29) is 27.8 Å².